The molecule has 17 heavy (non-hydrogen) atoms. The average molecular weight is 275 g/mol. The van der Waals surface area contributed by atoms with Crippen molar-refractivity contribution in [3.8, 4) is 5.75 Å². The molecule has 0 N–H and O–H groups in total. The van der Waals surface area contributed by atoms with Crippen molar-refractivity contribution in [1.29, 1.82) is 0 Å². The highest BCUT2D eigenvalue weighted by Gasteiger charge is 2.30. The lowest BCUT2D eigenvalue weighted by molar-refractivity contribution is 0.120. The summed E-state index contributed by atoms with van der Waals surface area (Å²) in [6, 6.07) is 5.61. The van der Waals surface area contributed by atoms with Crippen LogP contribution in [0.1, 0.15) is 24.3 Å². The second kappa shape index (κ2) is 5.47. The van der Waals surface area contributed by atoms with Crippen LogP contribution in [0.2, 0.25) is 5.02 Å². The van der Waals surface area contributed by atoms with Gasteiger partial charge in [-0.05, 0) is 31.0 Å². The molecule has 1 saturated heterocycles. The molecule has 2 rings (SSSR count). The van der Waals surface area contributed by atoms with Crippen LogP contribution in [0.5, 0.6) is 5.75 Å². The number of alkyl halides is 1. The summed E-state index contributed by atoms with van der Waals surface area (Å²) in [5.41, 5.74) is 0.955. The van der Waals surface area contributed by atoms with E-state index in [1.165, 1.54) is 0 Å². The molecule has 1 heterocycles. The third-order valence-corrected chi connectivity index (χ3v) is 4.07. The highest BCUT2D eigenvalue weighted by Crippen LogP contribution is 2.40. The van der Waals surface area contributed by atoms with E-state index in [0.717, 1.165) is 17.7 Å². The first kappa shape index (κ1) is 13.0. The normalized spacial score (nSPS) is 25.9. The molecular weight excluding hydrogens is 259 g/mol. The molecule has 1 aromatic carbocycles. The number of halogens is 2. The van der Waals surface area contributed by atoms with E-state index in [2.05, 4.69) is 6.92 Å². The van der Waals surface area contributed by atoms with E-state index in [1.54, 1.807) is 13.2 Å². The van der Waals surface area contributed by atoms with Gasteiger partial charge in [0, 0.05) is 10.9 Å². The molecule has 0 bridgehead atoms. The summed E-state index contributed by atoms with van der Waals surface area (Å²) in [4.78, 5) is 0. The van der Waals surface area contributed by atoms with Crippen LogP contribution in [-0.2, 0) is 4.74 Å². The Morgan fingerprint density at radius 2 is 2.24 bits per heavy atom. The quantitative estimate of drug-likeness (QED) is 0.775. The largest absolute Gasteiger partial charge is 0.497 e. The zero-order chi connectivity index (χ0) is 12.4. The molecule has 0 aromatic heterocycles. The van der Waals surface area contributed by atoms with Crippen molar-refractivity contribution < 1.29 is 9.47 Å². The predicted molar refractivity (Wildman–Crippen MR) is 70.1 cm³/mol. The van der Waals surface area contributed by atoms with Crippen molar-refractivity contribution in [2.24, 2.45) is 5.92 Å². The Hall–Kier alpha value is -0.440. The van der Waals surface area contributed by atoms with Gasteiger partial charge < -0.3 is 9.47 Å². The molecule has 0 radical (unpaired) electrons. The van der Waals surface area contributed by atoms with Crippen molar-refractivity contribution in [2.75, 3.05) is 13.7 Å². The zero-order valence-corrected chi connectivity index (χ0v) is 11.5. The summed E-state index contributed by atoms with van der Waals surface area (Å²) in [6.45, 7) is 2.77. The Kier molecular flexibility index (Phi) is 4.18. The van der Waals surface area contributed by atoms with Crippen LogP contribution >= 0.6 is 23.2 Å². The van der Waals surface area contributed by atoms with Crippen LogP contribution in [0, 0.1) is 5.92 Å². The van der Waals surface area contributed by atoms with Gasteiger partial charge in [-0.25, -0.2) is 0 Å². The molecule has 1 aliphatic heterocycles. The standard InChI is InChI=1S/C13H16Cl2O2/c1-8-5-9(7-17-8)13(15)11-4-3-10(16-2)6-12(11)14/h3-4,6,8-9,13H,5,7H2,1-2H3. The summed E-state index contributed by atoms with van der Waals surface area (Å²) in [5, 5.41) is 0.558. The maximum atomic E-state index is 6.47. The second-order valence-corrected chi connectivity index (χ2v) is 5.31. The maximum Gasteiger partial charge on any atom is 0.120 e. The molecule has 1 fully saturated rings. The molecule has 1 aliphatic rings. The minimum Gasteiger partial charge on any atom is -0.497 e. The second-order valence-electron chi connectivity index (χ2n) is 4.43. The molecule has 0 aliphatic carbocycles. The molecule has 3 atom stereocenters. The summed E-state index contributed by atoms with van der Waals surface area (Å²) in [5.74, 6) is 1.08. The maximum absolute atomic E-state index is 6.47. The van der Waals surface area contributed by atoms with Crippen LogP contribution in [0.25, 0.3) is 0 Å². The molecule has 0 amide bonds. The minimum absolute atomic E-state index is 0.0987. The fourth-order valence-electron chi connectivity index (χ4n) is 2.17. The average Bonchev–Trinajstić information content (AvgIpc) is 2.75. The topological polar surface area (TPSA) is 18.5 Å². The third-order valence-electron chi connectivity index (χ3n) is 3.15. The van der Waals surface area contributed by atoms with E-state index < -0.39 is 0 Å². The van der Waals surface area contributed by atoms with Crippen molar-refractivity contribution in [1.82, 2.24) is 0 Å². The first-order chi connectivity index (χ1) is 8.11. The number of methoxy groups -OCH3 is 1. The van der Waals surface area contributed by atoms with E-state index >= 15 is 0 Å². The molecular formula is C13H16Cl2O2. The van der Waals surface area contributed by atoms with Crippen LogP contribution < -0.4 is 4.74 Å². The van der Waals surface area contributed by atoms with Crippen molar-refractivity contribution in [3.05, 3.63) is 28.8 Å². The predicted octanol–water partition coefficient (Wildman–Crippen LogP) is 4.05. The van der Waals surface area contributed by atoms with Gasteiger partial charge in [0.25, 0.3) is 0 Å². The van der Waals surface area contributed by atoms with Gasteiger partial charge in [0.1, 0.15) is 5.75 Å². The minimum atomic E-state index is -0.0987. The SMILES string of the molecule is COc1ccc(C(Cl)C2COC(C)C2)c(Cl)c1. The summed E-state index contributed by atoms with van der Waals surface area (Å²) in [6.07, 6.45) is 1.27. The van der Waals surface area contributed by atoms with Gasteiger partial charge >= 0.3 is 0 Å². The van der Waals surface area contributed by atoms with Crippen molar-refractivity contribution in [2.45, 2.75) is 24.8 Å². The first-order valence-electron chi connectivity index (χ1n) is 5.71. The van der Waals surface area contributed by atoms with Gasteiger partial charge in [0.2, 0.25) is 0 Å². The molecule has 2 nitrogen and oxygen atoms in total. The number of rotatable bonds is 3. The van der Waals surface area contributed by atoms with Crippen LogP contribution in [0.3, 0.4) is 0 Å². The fraction of sp³-hybridized carbons (Fsp3) is 0.538. The van der Waals surface area contributed by atoms with Gasteiger partial charge in [0.05, 0.1) is 25.2 Å². The van der Waals surface area contributed by atoms with Crippen molar-refractivity contribution in [3.63, 3.8) is 0 Å². The van der Waals surface area contributed by atoms with Crippen LogP contribution in [0.15, 0.2) is 18.2 Å². The van der Waals surface area contributed by atoms with Gasteiger partial charge in [-0.3, -0.25) is 0 Å². The first-order valence-corrected chi connectivity index (χ1v) is 6.52. The van der Waals surface area contributed by atoms with Gasteiger partial charge in [0.15, 0.2) is 0 Å². The monoisotopic (exact) mass is 274 g/mol. The zero-order valence-electron chi connectivity index (χ0n) is 9.95. The number of hydrogen-bond donors (Lipinski definition) is 0. The Bertz CT molecular complexity index is 395. The molecule has 1 aromatic rings. The van der Waals surface area contributed by atoms with E-state index in [1.807, 2.05) is 12.1 Å². The third kappa shape index (κ3) is 2.87. The van der Waals surface area contributed by atoms with Crippen LogP contribution in [0.4, 0.5) is 0 Å². The van der Waals surface area contributed by atoms with Crippen LogP contribution in [-0.4, -0.2) is 19.8 Å². The Balaban J connectivity index is 2.16. The summed E-state index contributed by atoms with van der Waals surface area (Å²) >= 11 is 12.7. The van der Waals surface area contributed by atoms with Gasteiger partial charge in [-0.15, -0.1) is 11.6 Å². The van der Waals surface area contributed by atoms with Gasteiger partial charge in [-0.1, -0.05) is 17.7 Å². The molecule has 4 heteroatoms. The molecule has 0 saturated carbocycles. The Labute approximate surface area is 112 Å². The van der Waals surface area contributed by atoms with Crippen molar-refractivity contribution >= 4 is 23.2 Å². The van der Waals surface area contributed by atoms with E-state index in [4.69, 9.17) is 32.7 Å². The van der Waals surface area contributed by atoms with E-state index in [0.29, 0.717) is 23.7 Å². The number of ether oxygens (including phenoxy) is 2. The molecule has 3 unspecified atom stereocenters. The Morgan fingerprint density at radius 3 is 2.76 bits per heavy atom. The highest BCUT2D eigenvalue weighted by molar-refractivity contribution is 6.33. The lowest BCUT2D eigenvalue weighted by Gasteiger charge is -2.17. The Morgan fingerprint density at radius 1 is 1.47 bits per heavy atom. The highest BCUT2D eigenvalue weighted by atomic mass is 35.5. The molecule has 94 valence electrons. The lowest BCUT2D eigenvalue weighted by Crippen LogP contribution is -2.08. The summed E-state index contributed by atoms with van der Waals surface area (Å²) in [7, 11) is 1.62. The summed E-state index contributed by atoms with van der Waals surface area (Å²) < 4.78 is 10.7. The fourth-order valence-corrected chi connectivity index (χ4v) is 2.88. The number of benzene rings is 1. The number of hydrogen-bond acceptors (Lipinski definition) is 2. The smallest absolute Gasteiger partial charge is 0.120 e. The lowest BCUT2D eigenvalue weighted by atomic mass is 9.96. The van der Waals surface area contributed by atoms with E-state index in [-0.39, 0.29) is 5.38 Å². The van der Waals surface area contributed by atoms with Gasteiger partial charge in [-0.2, -0.15) is 0 Å². The molecule has 0 spiro atoms. The van der Waals surface area contributed by atoms with E-state index in [9.17, 15) is 0 Å².